The lowest BCUT2D eigenvalue weighted by Crippen LogP contribution is -1.97. The number of hydrogen-bond donors (Lipinski definition) is 0. The number of hydrogen-bond acceptors (Lipinski definition) is 6. The van der Waals surface area contributed by atoms with Crippen LogP contribution in [0.25, 0.3) is 17.2 Å². The van der Waals surface area contributed by atoms with Crippen molar-refractivity contribution in [3.63, 3.8) is 0 Å². The van der Waals surface area contributed by atoms with Gasteiger partial charge in [-0.1, -0.05) is 30.0 Å². The Morgan fingerprint density at radius 3 is 2.88 bits per heavy atom. The van der Waals surface area contributed by atoms with Crippen LogP contribution in [0.15, 0.2) is 35.8 Å². The van der Waals surface area contributed by atoms with E-state index in [-0.39, 0.29) is 10.6 Å². The van der Waals surface area contributed by atoms with Gasteiger partial charge in [-0.3, -0.25) is 10.1 Å². The molecular weight excluding hydrogens is 338 g/mol. The highest BCUT2D eigenvalue weighted by atomic mass is 32.2. The van der Waals surface area contributed by atoms with Gasteiger partial charge in [0.1, 0.15) is 5.52 Å². The number of imidazole rings is 1. The number of nitrogens with zero attached hydrogens (tertiary/aromatic N) is 5. The molecule has 3 rings (SSSR count). The summed E-state index contributed by atoms with van der Waals surface area (Å²) < 4.78 is 1.85. The summed E-state index contributed by atoms with van der Waals surface area (Å²) in [4.78, 5) is 24.2. The molecule has 0 N–H and O–H groups in total. The van der Waals surface area contributed by atoms with Gasteiger partial charge in [-0.25, -0.2) is 15.0 Å². The van der Waals surface area contributed by atoms with Crippen LogP contribution in [0, 0.1) is 17.0 Å². The van der Waals surface area contributed by atoms with E-state index in [9.17, 15) is 10.1 Å². The Labute approximate surface area is 149 Å². The Balaban J connectivity index is 1.90. The first-order valence-corrected chi connectivity index (χ1v) is 8.66. The lowest BCUT2D eigenvalue weighted by molar-refractivity contribution is -0.385. The van der Waals surface area contributed by atoms with Gasteiger partial charge in [0.05, 0.1) is 16.9 Å². The molecule has 0 radical (unpaired) electrons. The standard InChI is InChI=1S/C17H17N5O2S/c1-4-5-13-15-16(21(3)10-18-15)20-17(19-13)25-9-12-7-6-11(2)14(8-12)22(23)24/h4-8,10H,9H2,1-3H3/b5-4+. The molecule has 128 valence electrons. The third-order valence-corrected chi connectivity index (χ3v) is 4.65. The molecule has 0 aliphatic heterocycles. The van der Waals surface area contributed by atoms with E-state index in [1.54, 1.807) is 25.4 Å². The number of thioether (sulfide) groups is 1. The molecule has 1 aromatic carbocycles. The predicted molar refractivity (Wildman–Crippen MR) is 98.4 cm³/mol. The number of benzene rings is 1. The van der Waals surface area contributed by atoms with E-state index in [4.69, 9.17) is 0 Å². The number of nitro groups is 1. The number of rotatable bonds is 5. The van der Waals surface area contributed by atoms with Crippen LogP contribution in [0.1, 0.15) is 23.7 Å². The molecule has 2 aromatic heterocycles. The first-order chi connectivity index (χ1) is 12.0. The van der Waals surface area contributed by atoms with Gasteiger partial charge in [0, 0.05) is 24.4 Å². The lowest BCUT2D eigenvalue weighted by Gasteiger charge is -2.05. The van der Waals surface area contributed by atoms with Gasteiger partial charge in [0.15, 0.2) is 10.8 Å². The fraction of sp³-hybridized carbons (Fsp3) is 0.235. The second kappa shape index (κ2) is 7.02. The molecule has 0 spiro atoms. The number of nitro benzene ring substituents is 1. The summed E-state index contributed by atoms with van der Waals surface area (Å²) in [5, 5.41) is 11.7. The van der Waals surface area contributed by atoms with Crippen molar-refractivity contribution in [1.29, 1.82) is 0 Å². The van der Waals surface area contributed by atoms with Crippen molar-refractivity contribution in [2.75, 3.05) is 0 Å². The second-order valence-corrected chi connectivity index (χ2v) is 6.53. The van der Waals surface area contributed by atoms with Gasteiger partial charge in [-0.05, 0) is 25.5 Å². The molecule has 0 saturated carbocycles. The summed E-state index contributed by atoms with van der Waals surface area (Å²) in [6.45, 7) is 3.66. The normalized spacial score (nSPS) is 11.5. The van der Waals surface area contributed by atoms with Crippen molar-refractivity contribution in [2.24, 2.45) is 7.05 Å². The molecule has 0 aliphatic rings. The maximum absolute atomic E-state index is 11.1. The van der Waals surface area contributed by atoms with Crippen molar-refractivity contribution in [1.82, 2.24) is 19.5 Å². The van der Waals surface area contributed by atoms with Gasteiger partial charge in [-0.2, -0.15) is 0 Å². The van der Waals surface area contributed by atoms with Gasteiger partial charge in [0.25, 0.3) is 5.69 Å². The number of fused-ring (bicyclic) bond motifs is 1. The zero-order chi connectivity index (χ0) is 18.0. The van der Waals surface area contributed by atoms with E-state index < -0.39 is 0 Å². The second-order valence-electron chi connectivity index (χ2n) is 5.59. The van der Waals surface area contributed by atoms with E-state index in [1.165, 1.54) is 11.8 Å². The number of aromatic nitrogens is 4. The fourth-order valence-corrected chi connectivity index (χ4v) is 3.23. The summed E-state index contributed by atoms with van der Waals surface area (Å²) in [6.07, 6.45) is 5.52. The maximum Gasteiger partial charge on any atom is 0.272 e. The largest absolute Gasteiger partial charge is 0.318 e. The van der Waals surface area contributed by atoms with Crippen LogP contribution in [-0.4, -0.2) is 24.4 Å². The van der Waals surface area contributed by atoms with Crippen molar-refractivity contribution in [2.45, 2.75) is 24.8 Å². The average molecular weight is 355 g/mol. The number of aryl methyl sites for hydroxylation is 2. The van der Waals surface area contributed by atoms with Crippen molar-refractivity contribution in [3.05, 3.63) is 57.5 Å². The highest BCUT2D eigenvalue weighted by molar-refractivity contribution is 7.98. The summed E-state index contributed by atoms with van der Waals surface area (Å²) >= 11 is 1.45. The van der Waals surface area contributed by atoms with Crippen LogP contribution in [0.5, 0.6) is 0 Å². The van der Waals surface area contributed by atoms with Crippen molar-refractivity contribution < 1.29 is 4.92 Å². The fourth-order valence-electron chi connectivity index (χ4n) is 2.44. The number of allylic oxidation sites excluding steroid dienone is 1. The molecule has 0 unspecified atom stereocenters. The summed E-state index contributed by atoms with van der Waals surface area (Å²) in [6, 6.07) is 5.27. The minimum absolute atomic E-state index is 0.135. The molecule has 3 aromatic rings. The Morgan fingerprint density at radius 2 is 2.16 bits per heavy atom. The quantitative estimate of drug-likeness (QED) is 0.298. The first kappa shape index (κ1) is 17.1. The molecule has 0 saturated heterocycles. The third kappa shape index (κ3) is 3.53. The summed E-state index contributed by atoms with van der Waals surface area (Å²) in [5.74, 6) is 0.555. The minimum Gasteiger partial charge on any atom is -0.318 e. The average Bonchev–Trinajstić information content (AvgIpc) is 2.96. The predicted octanol–water partition coefficient (Wildman–Crippen LogP) is 3.91. The van der Waals surface area contributed by atoms with E-state index in [0.29, 0.717) is 16.5 Å². The first-order valence-electron chi connectivity index (χ1n) is 7.68. The third-order valence-electron chi connectivity index (χ3n) is 3.73. The smallest absolute Gasteiger partial charge is 0.272 e. The Kier molecular flexibility index (Phi) is 4.80. The van der Waals surface area contributed by atoms with Crippen LogP contribution < -0.4 is 0 Å². The maximum atomic E-state index is 11.1. The van der Waals surface area contributed by atoms with E-state index in [0.717, 1.165) is 22.4 Å². The minimum atomic E-state index is -0.355. The molecule has 0 atom stereocenters. The molecule has 0 bridgehead atoms. The summed E-state index contributed by atoms with van der Waals surface area (Å²) in [7, 11) is 1.89. The molecule has 0 aliphatic carbocycles. The highest BCUT2D eigenvalue weighted by Gasteiger charge is 2.13. The zero-order valence-electron chi connectivity index (χ0n) is 14.1. The van der Waals surface area contributed by atoms with Gasteiger partial charge >= 0.3 is 0 Å². The lowest BCUT2D eigenvalue weighted by atomic mass is 10.1. The summed E-state index contributed by atoms with van der Waals surface area (Å²) in [5.41, 5.74) is 3.95. The van der Waals surface area contributed by atoms with E-state index >= 15 is 0 Å². The van der Waals surface area contributed by atoms with Gasteiger partial charge in [0.2, 0.25) is 0 Å². The molecular formula is C17H17N5O2S. The monoisotopic (exact) mass is 355 g/mol. The molecule has 0 fully saturated rings. The Bertz CT molecular complexity index is 981. The van der Waals surface area contributed by atoms with E-state index in [2.05, 4.69) is 15.0 Å². The van der Waals surface area contributed by atoms with Crippen molar-refractivity contribution >= 4 is 34.7 Å². The Hall–Kier alpha value is -2.74. The van der Waals surface area contributed by atoms with Gasteiger partial charge in [-0.15, -0.1) is 0 Å². The molecule has 25 heavy (non-hydrogen) atoms. The molecule has 2 heterocycles. The molecule has 0 amide bonds. The highest BCUT2D eigenvalue weighted by Crippen LogP contribution is 2.26. The Morgan fingerprint density at radius 1 is 1.36 bits per heavy atom. The van der Waals surface area contributed by atoms with E-state index in [1.807, 2.05) is 36.8 Å². The van der Waals surface area contributed by atoms with Gasteiger partial charge < -0.3 is 4.57 Å². The molecule has 8 heteroatoms. The van der Waals surface area contributed by atoms with Crippen LogP contribution in [0.2, 0.25) is 0 Å². The zero-order valence-corrected chi connectivity index (χ0v) is 14.9. The van der Waals surface area contributed by atoms with Crippen molar-refractivity contribution in [3.8, 4) is 0 Å². The SMILES string of the molecule is C/C=C/c1nc(SCc2ccc(C)c([N+](=O)[O-])c2)nc2c1ncn2C. The van der Waals surface area contributed by atoms with Crippen LogP contribution in [0.4, 0.5) is 5.69 Å². The van der Waals surface area contributed by atoms with Crippen LogP contribution in [0.3, 0.4) is 0 Å². The topological polar surface area (TPSA) is 86.7 Å². The van der Waals surface area contributed by atoms with Crippen LogP contribution in [-0.2, 0) is 12.8 Å². The van der Waals surface area contributed by atoms with Crippen LogP contribution >= 0.6 is 11.8 Å². The molecule has 7 nitrogen and oxygen atoms in total.